The van der Waals surface area contributed by atoms with E-state index in [4.69, 9.17) is 4.74 Å². The molecule has 1 fully saturated rings. The Morgan fingerprint density at radius 1 is 1.80 bits per heavy atom. The molecule has 1 saturated heterocycles. The summed E-state index contributed by atoms with van der Waals surface area (Å²) >= 11 is 0. The Morgan fingerprint density at radius 3 is 3.10 bits per heavy atom. The van der Waals surface area contributed by atoms with Crippen LogP contribution >= 0.6 is 0 Å². The Bertz CT molecular complexity index is 142. The third-order valence-electron chi connectivity index (χ3n) is 1.34. The van der Waals surface area contributed by atoms with Gasteiger partial charge in [0.25, 0.3) is 0 Å². The second-order valence-electron chi connectivity index (χ2n) is 2.17. The van der Waals surface area contributed by atoms with Crippen LogP contribution in [0.15, 0.2) is 12.7 Å². The number of hydrogen-bond acceptors (Lipinski definition) is 3. The number of cyclic esters (lactones) is 2. The fourth-order valence-electron chi connectivity index (χ4n) is 0.811. The van der Waals surface area contributed by atoms with E-state index in [1.807, 2.05) is 0 Å². The van der Waals surface area contributed by atoms with Gasteiger partial charge in [0.2, 0.25) is 0 Å². The van der Waals surface area contributed by atoms with E-state index in [1.165, 1.54) is 0 Å². The van der Waals surface area contributed by atoms with E-state index in [-0.39, 0.29) is 6.10 Å². The Morgan fingerprint density at radius 2 is 2.60 bits per heavy atom. The van der Waals surface area contributed by atoms with Gasteiger partial charge in [0.15, 0.2) is 0 Å². The van der Waals surface area contributed by atoms with Gasteiger partial charge in [0.05, 0.1) is 0 Å². The van der Waals surface area contributed by atoms with Gasteiger partial charge in [0.1, 0.15) is 12.7 Å². The van der Waals surface area contributed by atoms with Crippen molar-refractivity contribution in [3.8, 4) is 0 Å². The zero-order valence-corrected chi connectivity index (χ0v) is 5.71. The molecule has 1 atom stereocenters. The minimum atomic E-state index is -0.547. The summed E-state index contributed by atoms with van der Waals surface area (Å²) in [7, 11) is 0. The van der Waals surface area contributed by atoms with Crippen LogP contribution in [0, 0.1) is 0 Å². The van der Waals surface area contributed by atoms with E-state index >= 15 is 0 Å². The van der Waals surface area contributed by atoms with Crippen LogP contribution < -0.4 is 0 Å². The molecule has 0 saturated carbocycles. The van der Waals surface area contributed by atoms with Crippen LogP contribution in [0.3, 0.4) is 0 Å². The van der Waals surface area contributed by atoms with Gasteiger partial charge in [-0.1, -0.05) is 6.08 Å². The molecular weight excluding hydrogens is 132 g/mol. The van der Waals surface area contributed by atoms with E-state index in [0.29, 0.717) is 6.61 Å². The number of rotatable bonds is 3. The van der Waals surface area contributed by atoms with Crippen molar-refractivity contribution < 1.29 is 14.3 Å². The highest BCUT2D eigenvalue weighted by molar-refractivity contribution is 5.61. The predicted octanol–water partition coefficient (Wildman–Crippen LogP) is 1.49. The maximum absolute atomic E-state index is 10.3. The molecule has 0 spiro atoms. The predicted molar refractivity (Wildman–Crippen MR) is 35.7 cm³/mol. The van der Waals surface area contributed by atoms with Crippen molar-refractivity contribution in [1.29, 1.82) is 0 Å². The van der Waals surface area contributed by atoms with Crippen LogP contribution in [0.4, 0.5) is 4.79 Å². The van der Waals surface area contributed by atoms with Crippen LogP contribution in [0.25, 0.3) is 0 Å². The lowest BCUT2D eigenvalue weighted by atomic mass is 10.2. The topological polar surface area (TPSA) is 35.5 Å². The van der Waals surface area contributed by atoms with Crippen LogP contribution in [0.1, 0.15) is 12.8 Å². The molecule has 3 heteroatoms. The quantitative estimate of drug-likeness (QED) is 0.442. The molecule has 0 bridgehead atoms. The molecule has 3 nitrogen and oxygen atoms in total. The van der Waals surface area contributed by atoms with Crippen molar-refractivity contribution in [2.24, 2.45) is 0 Å². The Kier molecular flexibility index (Phi) is 2.31. The minimum Gasteiger partial charge on any atom is -0.430 e. The number of hydrogen-bond donors (Lipinski definition) is 0. The Hall–Kier alpha value is -0.990. The first kappa shape index (κ1) is 7.12. The van der Waals surface area contributed by atoms with Gasteiger partial charge in [0, 0.05) is 0 Å². The van der Waals surface area contributed by atoms with Crippen molar-refractivity contribution >= 4 is 6.16 Å². The molecule has 1 aliphatic heterocycles. The van der Waals surface area contributed by atoms with E-state index in [1.54, 1.807) is 6.08 Å². The standard InChI is InChI=1S/C7H10O3/c1-2-3-4-6-5-9-7(8)10-6/h2,6H,1,3-5H2/t6-/m1/s1. The fourth-order valence-corrected chi connectivity index (χ4v) is 0.811. The second kappa shape index (κ2) is 3.25. The lowest BCUT2D eigenvalue weighted by molar-refractivity contribution is 0.116. The normalized spacial score (nSPS) is 23.6. The molecule has 0 amide bonds. The van der Waals surface area contributed by atoms with Crippen LogP contribution in [-0.2, 0) is 9.47 Å². The molecule has 10 heavy (non-hydrogen) atoms. The largest absolute Gasteiger partial charge is 0.508 e. The zero-order chi connectivity index (χ0) is 7.40. The summed E-state index contributed by atoms with van der Waals surface area (Å²) in [6, 6.07) is 0. The summed E-state index contributed by atoms with van der Waals surface area (Å²) < 4.78 is 9.32. The van der Waals surface area contributed by atoms with Gasteiger partial charge < -0.3 is 9.47 Å². The summed E-state index contributed by atoms with van der Waals surface area (Å²) in [5, 5.41) is 0. The molecule has 0 aliphatic carbocycles. The molecule has 0 aromatic carbocycles. The molecule has 0 N–H and O–H groups in total. The van der Waals surface area contributed by atoms with Crippen molar-refractivity contribution in [1.82, 2.24) is 0 Å². The highest BCUT2D eigenvalue weighted by Crippen LogP contribution is 2.11. The highest BCUT2D eigenvalue weighted by Gasteiger charge is 2.23. The summed E-state index contributed by atoms with van der Waals surface area (Å²) in [6.07, 6.45) is 2.88. The van der Waals surface area contributed by atoms with Crippen molar-refractivity contribution in [3.63, 3.8) is 0 Å². The molecule has 0 unspecified atom stereocenters. The third kappa shape index (κ3) is 1.76. The second-order valence-corrected chi connectivity index (χ2v) is 2.17. The molecule has 1 aliphatic rings. The lowest BCUT2D eigenvalue weighted by Crippen LogP contribution is -2.08. The average molecular weight is 142 g/mol. The van der Waals surface area contributed by atoms with E-state index in [9.17, 15) is 4.79 Å². The average Bonchev–Trinajstić information content (AvgIpc) is 2.31. The van der Waals surface area contributed by atoms with Gasteiger partial charge in [-0.25, -0.2) is 4.79 Å². The molecule has 0 aromatic rings. The first-order chi connectivity index (χ1) is 4.83. The smallest absolute Gasteiger partial charge is 0.430 e. The molecule has 0 radical (unpaired) electrons. The number of ether oxygens (including phenoxy) is 2. The van der Waals surface area contributed by atoms with E-state index in [2.05, 4.69) is 11.3 Å². The monoisotopic (exact) mass is 142 g/mol. The van der Waals surface area contributed by atoms with Crippen LogP contribution in [-0.4, -0.2) is 18.9 Å². The first-order valence-corrected chi connectivity index (χ1v) is 3.27. The van der Waals surface area contributed by atoms with Gasteiger partial charge in [-0.3, -0.25) is 0 Å². The number of carbonyl (C=O) groups is 1. The van der Waals surface area contributed by atoms with E-state index < -0.39 is 6.16 Å². The SMILES string of the molecule is C=CCC[C@@H]1COC(=O)O1. The van der Waals surface area contributed by atoms with Gasteiger partial charge in [-0.15, -0.1) is 6.58 Å². The highest BCUT2D eigenvalue weighted by atomic mass is 16.8. The molecular formula is C7H10O3. The zero-order valence-electron chi connectivity index (χ0n) is 5.71. The molecule has 56 valence electrons. The van der Waals surface area contributed by atoms with Crippen molar-refractivity contribution in [3.05, 3.63) is 12.7 Å². The molecule has 0 aromatic heterocycles. The number of allylic oxidation sites excluding steroid dienone is 1. The van der Waals surface area contributed by atoms with Crippen LogP contribution in [0.5, 0.6) is 0 Å². The Balaban J connectivity index is 2.18. The molecule has 1 rings (SSSR count). The summed E-state index contributed by atoms with van der Waals surface area (Å²) in [6.45, 7) is 3.95. The van der Waals surface area contributed by atoms with Gasteiger partial charge in [-0.2, -0.15) is 0 Å². The van der Waals surface area contributed by atoms with Crippen molar-refractivity contribution in [2.45, 2.75) is 18.9 Å². The van der Waals surface area contributed by atoms with Gasteiger partial charge in [-0.05, 0) is 12.8 Å². The Labute approximate surface area is 59.6 Å². The first-order valence-electron chi connectivity index (χ1n) is 3.27. The van der Waals surface area contributed by atoms with Gasteiger partial charge >= 0.3 is 6.16 Å². The van der Waals surface area contributed by atoms with Crippen molar-refractivity contribution in [2.75, 3.05) is 6.61 Å². The maximum atomic E-state index is 10.3. The van der Waals surface area contributed by atoms with Crippen LogP contribution in [0.2, 0.25) is 0 Å². The third-order valence-corrected chi connectivity index (χ3v) is 1.34. The summed E-state index contributed by atoms with van der Waals surface area (Å²) in [5.74, 6) is 0. The lowest BCUT2D eigenvalue weighted by Gasteiger charge is -2.01. The number of carbonyl (C=O) groups excluding carboxylic acids is 1. The van der Waals surface area contributed by atoms with E-state index in [0.717, 1.165) is 12.8 Å². The minimum absolute atomic E-state index is 0.0505. The summed E-state index contributed by atoms with van der Waals surface area (Å²) in [4.78, 5) is 10.3. The summed E-state index contributed by atoms with van der Waals surface area (Å²) in [5.41, 5.74) is 0. The maximum Gasteiger partial charge on any atom is 0.508 e. The molecule has 1 heterocycles. The fraction of sp³-hybridized carbons (Fsp3) is 0.571.